The van der Waals surface area contributed by atoms with E-state index in [-0.39, 0.29) is 18.3 Å². The molecule has 100 valence electrons. The summed E-state index contributed by atoms with van der Waals surface area (Å²) in [6, 6.07) is 10.3. The van der Waals surface area contributed by atoms with Crippen LogP contribution in [-0.2, 0) is 0 Å². The van der Waals surface area contributed by atoms with Gasteiger partial charge in [0.2, 0.25) is 0 Å². The lowest BCUT2D eigenvalue weighted by molar-refractivity contribution is -0.384. The molecule has 5 nitrogen and oxygen atoms in total. The van der Waals surface area contributed by atoms with Crippen molar-refractivity contribution in [1.82, 2.24) is 0 Å². The van der Waals surface area contributed by atoms with Gasteiger partial charge in [-0.15, -0.1) is 11.3 Å². The number of aliphatic hydroxyl groups excluding tert-OH is 1. The monoisotopic (exact) mass is 278 g/mol. The van der Waals surface area contributed by atoms with Crippen LogP contribution in [0, 0.1) is 10.1 Å². The normalized spacial score (nSPS) is 12.1. The SMILES string of the molecule is O=[N+]([O-])c1ccc(N[C@@H](CCO)c2cccs2)cc1. The van der Waals surface area contributed by atoms with Gasteiger partial charge in [-0.1, -0.05) is 6.07 Å². The van der Waals surface area contributed by atoms with Crippen molar-refractivity contribution in [3.05, 3.63) is 56.8 Å². The minimum atomic E-state index is -0.422. The summed E-state index contributed by atoms with van der Waals surface area (Å²) in [7, 11) is 0. The molecule has 2 N–H and O–H groups in total. The first-order valence-electron chi connectivity index (χ1n) is 5.86. The summed E-state index contributed by atoms with van der Waals surface area (Å²) in [4.78, 5) is 11.3. The molecule has 0 spiro atoms. The van der Waals surface area contributed by atoms with Crippen molar-refractivity contribution in [3.8, 4) is 0 Å². The van der Waals surface area contributed by atoms with Crippen LogP contribution in [-0.4, -0.2) is 16.6 Å². The van der Waals surface area contributed by atoms with Gasteiger partial charge in [-0.25, -0.2) is 0 Å². The highest BCUT2D eigenvalue weighted by atomic mass is 32.1. The quantitative estimate of drug-likeness (QED) is 0.628. The molecule has 1 atom stereocenters. The molecule has 19 heavy (non-hydrogen) atoms. The van der Waals surface area contributed by atoms with E-state index in [1.807, 2.05) is 17.5 Å². The molecule has 0 aliphatic rings. The number of hydrogen-bond donors (Lipinski definition) is 2. The van der Waals surface area contributed by atoms with E-state index in [1.54, 1.807) is 23.5 Å². The number of anilines is 1. The molecular formula is C13H14N2O3S. The maximum atomic E-state index is 10.6. The van der Waals surface area contributed by atoms with Crippen LogP contribution < -0.4 is 5.32 Å². The summed E-state index contributed by atoms with van der Waals surface area (Å²) in [5.41, 5.74) is 0.873. The van der Waals surface area contributed by atoms with Crippen LogP contribution in [0.5, 0.6) is 0 Å². The number of non-ortho nitro benzene ring substituents is 1. The second-order valence-electron chi connectivity index (χ2n) is 4.03. The zero-order valence-electron chi connectivity index (χ0n) is 10.2. The maximum Gasteiger partial charge on any atom is 0.269 e. The summed E-state index contributed by atoms with van der Waals surface area (Å²) in [5.74, 6) is 0. The minimum absolute atomic E-state index is 0.0199. The third-order valence-corrected chi connectivity index (χ3v) is 3.71. The Bertz CT molecular complexity index is 525. The molecule has 2 aromatic rings. The van der Waals surface area contributed by atoms with Gasteiger partial charge in [0, 0.05) is 29.3 Å². The van der Waals surface area contributed by atoms with Gasteiger partial charge in [0.05, 0.1) is 11.0 Å². The van der Waals surface area contributed by atoms with Crippen molar-refractivity contribution in [2.75, 3.05) is 11.9 Å². The molecule has 0 saturated heterocycles. The van der Waals surface area contributed by atoms with E-state index >= 15 is 0 Å². The number of nitro benzene ring substituents is 1. The predicted molar refractivity (Wildman–Crippen MR) is 75.5 cm³/mol. The van der Waals surface area contributed by atoms with Gasteiger partial charge in [0.25, 0.3) is 5.69 Å². The highest BCUT2D eigenvalue weighted by molar-refractivity contribution is 7.10. The molecule has 0 amide bonds. The second kappa shape index (κ2) is 6.31. The fourth-order valence-electron chi connectivity index (χ4n) is 1.78. The molecule has 0 radical (unpaired) electrons. The molecule has 1 aromatic carbocycles. The molecule has 0 bridgehead atoms. The van der Waals surface area contributed by atoms with Crippen molar-refractivity contribution < 1.29 is 10.0 Å². The van der Waals surface area contributed by atoms with E-state index in [9.17, 15) is 10.1 Å². The number of rotatable bonds is 6. The standard InChI is InChI=1S/C13H14N2O3S/c16-8-7-12(13-2-1-9-19-13)14-10-3-5-11(6-4-10)15(17)18/h1-6,9,12,14,16H,7-8H2/t12-/m0/s1. The molecule has 1 heterocycles. The van der Waals surface area contributed by atoms with Crippen LogP contribution in [0.4, 0.5) is 11.4 Å². The predicted octanol–water partition coefficient (Wildman–Crippen LogP) is 3.19. The van der Waals surface area contributed by atoms with Crippen LogP contribution >= 0.6 is 11.3 Å². The van der Waals surface area contributed by atoms with Crippen LogP contribution in [0.2, 0.25) is 0 Å². The van der Waals surface area contributed by atoms with Crippen LogP contribution in [0.15, 0.2) is 41.8 Å². The summed E-state index contributed by atoms with van der Waals surface area (Å²) in [6.45, 7) is 0.0859. The Hall–Kier alpha value is -1.92. The largest absolute Gasteiger partial charge is 0.396 e. The smallest absolute Gasteiger partial charge is 0.269 e. The van der Waals surface area contributed by atoms with Gasteiger partial charge in [-0.05, 0) is 30.0 Å². The lowest BCUT2D eigenvalue weighted by Gasteiger charge is -2.17. The summed E-state index contributed by atoms with van der Waals surface area (Å²) in [5, 5.41) is 24.9. The van der Waals surface area contributed by atoms with Crippen molar-refractivity contribution in [1.29, 1.82) is 0 Å². The lowest BCUT2D eigenvalue weighted by atomic mass is 10.1. The van der Waals surface area contributed by atoms with Gasteiger partial charge >= 0.3 is 0 Å². The van der Waals surface area contributed by atoms with Gasteiger partial charge in [-0.3, -0.25) is 10.1 Å². The number of aliphatic hydroxyl groups is 1. The zero-order valence-corrected chi connectivity index (χ0v) is 11.0. The average Bonchev–Trinajstić information content (AvgIpc) is 2.92. The molecule has 0 fully saturated rings. The number of benzene rings is 1. The first-order valence-corrected chi connectivity index (χ1v) is 6.74. The van der Waals surface area contributed by atoms with Gasteiger partial charge < -0.3 is 10.4 Å². The van der Waals surface area contributed by atoms with Crippen LogP contribution in [0.1, 0.15) is 17.3 Å². The Kier molecular flexibility index (Phi) is 4.48. The summed E-state index contributed by atoms with van der Waals surface area (Å²) in [6.07, 6.45) is 0.595. The van der Waals surface area contributed by atoms with Crippen molar-refractivity contribution in [2.45, 2.75) is 12.5 Å². The molecule has 6 heteroatoms. The topological polar surface area (TPSA) is 75.4 Å². The maximum absolute atomic E-state index is 10.6. The van der Waals surface area contributed by atoms with E-state index < -0.39 is 4.92 Å². The van der Waals surface area contributed by atoms with Gasteiger partial charge in [0.15, 0.2) is 0 Å². The van der Waals surface area contributed by atoms with Crippen LogP contribution in [0.3, 0.4) is 0 Å². The molecule has 0 aliphatic carbocycles. The fraction of sp³-hybridized carbons (Fsp3) is 0.231. The molecule has 2 rings (SSSR count). The second-order valence-corrected chi connectivity index (χ2v) is 5.01. The molecule has 1 aromatic heterocycles. The number of nitrogens with one attached hydrogen (secondary N) is 1. The van der Waals surface area contributed by atoms with E-state index in [0.29, 0.717) is 6.42 Å². The van der Waals surface area contributed by atoms with E-state index in [2.05, 4.69) is 5.32 Å². The first kappa shape index (κ1) is 13.5. The Morgan fingerprint density at radius 3 is 2.58 bits per heavy atom. The van der Waals surface area contributed by atoms with Gasteiger partial charge in [0.1, 0.15) is 0 Å². The Morgan fingerprint density at radius 1 is 1.32 bits per heavy atom. The number of hydrogen-bond acceptors (Lipinski definition) is 5. The Balaban J connectivity index is 2.11. The highest BCUT2D eigenvalue weighted by Gasteiger charge is 2.12. The summed E-state index contributed by atoms with van der Waals surface area (Å²) < 4.78 is 0. The van der Waals surface area contributed by atoms with E-state index in [1.165, 1.54) is 12.1 Å². The molecule has 0 saturated carbocycles. The van der Waals surface area contributed by atoms with Crippen molar-refractivity contribution in [3.63, 3.8) is 0 Å². The van der Waals surface area contributed by atoms with E-state index in [0.717, 1.165) is 10.6 Å². The third-order valence-electron chi connectivity index (χ3n) is 2.72. The number of nitro groups is 1. The van der Waals surface area contributed by atoms with Crippen molar-refractivity contribution >= 4 is 22.7 Å². The molecule has 0 unspecified atom stereocenters. The lowest BCUT2D eigenvalue weighted by Crippen LogP contribution is -2.11. The average molecular weight is 278 g/mol. The molecular weight excluding hydrogens is 264 g/mol. The van der Waals surface area contributed by atoms with Crippen molar-refractivity contribution in [2.24, 2.45) is 0 Å². The zero-order chi connectivity index (χ0) is 13.7. The fourth-order valence-corrected chi connectivity index (χ4v) is 2.60. The Labute approximate surface area is 114 Å². The minimum Gasteiger partial charge on any atom is -0.396 e. The van der Waals surface area contributed by atoms with Crippen LogP contribution in [0.25, 0.3) is 0 Å². The van der Waals surface area contributed by atoms with E-state index in [4.69, 9.17) is 5.11 Å². The summed E-state index contributed by atoms with van der Waals surface area (Å²) >= 11 is 1.62. The Morgan fingerprint density at radius 2 is 2.05 bits per heavy atom. The number of thiophene rings is 1. The first-order chi connectivity index (χ1) is 9.20. The molecule has 0 aliphatic heterocycles. The van der Waals surface area contributed by atoms with Gasteiger partial charge in [-0.2, -0.15) is 0 Å². The highest BCUT2D eigenvalue weighted by Crippen LogP contribution is 2.27. The number of nitrogens with zero attached hydrogens (tertiary/aromatic N) is 1. The third kappa shape index (κ3) is 3.52.